The van der Waals surface area contributed by atoms with Gasteiger partial charge in [-0.3, -0.25) is 9.59 Å². The minimum absolute atomic E-state index is 0.106. The van der Waals surface area contributed by atoms with E-state index in [-0.39, 0.29) is 22.8 Å². The number of methoxy groups -OCH3 is 1. The highest BCUT2D eigenvalue weighted by molar-refractivity contribution is 7.89. The third-order valence-corrected chi connectivity index (χ3v) is 5.89. The van der Waals surface area contributed by atoms with Crippen LogP contribution >= 0.6 is 0 Å². The Hall–Kier alpha value is -2.91. The van der Waals surface area contributed by atoms with Crippen molar-refractivity contribution in [3.05, 3.63) is 47.5 Å². The lowest BCUT2D eigenvalue weighted by Crippen LogP contribution is -2.24. The maximum atomic E-state index is 12.4. The average Bonchev–Trinajstić information content (AvgIpc) is 2.67. The minimum atomic E-state index is -3.64. The number of nitrogens with zero attached hydrogens (tertiary/aromatic N) is 1. The second-order valence-electron chi connectivity index (χ2n) is 6.13. The second kappa shape index (κ2) is 8.85. The first kappa shape index (κ1) is 21.4. The van der Waals surface area contributed by atoms with E-state index in [2.05, 4.69) is 5.32 Å². The molecule has 0 atom stereocenters. The summed E-state index contributed by atoms with van der Waals surface area (Å²) in [6, 6.07) is 9.25. The van der Waals surface area contributed by atoms with Crippen molar-refractivity contribution in [2.45, 2.75) is 11.8 Å². The van der Waals surface area contributed by atoms with Crippen LogP contribution < -0.4 is 14.8 Å². The molecule has 0 aliphatic heterocycles. The molecule has 0 aromatic heterocycles. The fourth-order valence-electron chi connectivity index (χ4n) is 2.37. The van der Waals surface area contributed by atoms with Gasteiger partial charge >= 0.3 is 0 Å². The summed E-state index contributed by atoms with van der Waals surface area (Å²) in [5.41, 5.74) is 1.14. The van der Waals surface area contributed by atoms with E-state index >= 15 is 0 Å². The molecule has 0 aliphatic rings. The van der Waals surface area contributed by atoms with Gasteiger partial charge in [-0.05, 0) is 42.8 Å². The molecule has 2 rings (SSSR count). The Balaban J connectivity index is 2.11. The van der Waals surface area contributed by atoms with Gasteiger partial charge in [0.1, 0.15) is 11.5 Å². The fourth-order valence-corrected chi connectivity index (χ4v) is 3.51. The van der Waals surface area contributed by atoms with E-state index in [4.69, 9.17) is 9.47 Å². The third-order valence-electron chi connectivity index (χ3n) is 3.93. The van der Waals surface area contributed by atoms with Crippen LogP contribution in [0, 0.1) is 6.92 Å². The molecule has 1 N–H and O–H groups in total. The van der Waals surface area contributed by atoms with E-state index in [1.807, 2.05) is 0 Å². The van der Waals surface area contributed by atoms with Gasteiger partial charge in [0.25, 0.3) is 5.91 Å². The molecule has 9 heteroatoms. The molecule has 0 bridgehead atoms. The van der Waals surface area contributed by atoms with Crippen LogP contribution in [-0.2, 0) is 14.8 Å². The lowest BCUT2D eigenvalue weighted by atomic mass is 10.2. The molecule has 0 fully saturated rings. The Morgan fingerprint density at radius 3 is 2.50 bits per heavy atom. The number of benzene rings is 2. The Morgan fingerprint density at radius 1 is 1.18 bits per heavy atom. The summed E-state index contributed by atoms with van der Waals surface area (Å²) in [7, 11) is 0.715. The lowest BCUT2D eigenvalue weighted by Gasteiger charge is -2.15. The predicted molar refractivity (Wildman–Crippen MR) is 105 cm³/mol. The Kier molecular flexibility index (Phi) is 6.76. The molecule has 0 unspecified atom stereocenters. The van der Waals surface area contributed by atoms with Gasteiger partial charge in [0, 0.05) is 19.8 Å². The van der Waals surface area contributed by atoms with Crippen molar-refractivity contribution in [1.29, 1.82) is 0 Å². The number of aldehydes is 1. The van der Waals surface area contributed by atoms with Crippen LogP contribution in [-0.4, -0.2) is 52.7 Å². The highest BCUT2D eigenvalue weighted by Crippen LogP contribution is 2.24. The monoisotopic (exact) mass is 406 g/mol. The molecule has 0 saturated carbocycles. The zero-order valence-corrected chi connectivity index (χ0v) is 16.9. The molecular weight excluding hydrogens is 384 g/mol. The summed E-state index contributed by atoms with van der Waals surface area (Å²) in [6.45, 7) is 1.33. The maximum absolute atomic E-state index is 12.4. The Labute approximate surface area is 164 Å². The van der Waals surface area contributed by atoms with E-state index < -0.39 is 15.9 Å². The number of ether oxygens (including phenoxy) is 2. The van der Waals surface area contributed by atoms with Gasteiger partial charge in [0.2, 0.25) is 10.0 Å². The normalized spacial score (nSPS) is 11.2. The number of hydrogen-bond acceptors (Lipinski definition) is 6. The first-order valence-corrected chi connectivity index (χ1v) is 9.72. The van der Waals surface area contributed by atoms with Crippen molar-refractivity contribution in [2.24, 2.45) is 0 Å². The van der Waals surface area contributed by atoms with Crippen LogP contribution in [0.1, 0.15) is 15.9 Å². The largest absolute Gasteiger partial charge is 0.497 e. The number of hydrogen-bond donors (Lipinski definition) is 1. The Bertz CT molecular complexity index is 986. The van der Waals surface area contributed by atoms with Crippen molar-refractivity contribution in [3.63, 3.8) is 0 Å². The van der Waals surface area contributed by atoms with E-state index in [0.29, 0.717) is 23.3 Å². The quantitative estimate of drug-likeness (QED) is 0.674. The number of anilines is 1. The van der Waals surface area contributed by atoms with Crippen molar-refractivity contribution in [1.82, 2.24) is 4.31 Å². The first-order valence-electron chi connectivity index (χ1n) is 8.28. The van der Waals surface area contributed by atoms with Gasteiger partial charge < -0.3 is 14.8 Å². The van der Waals surface area contributed by atoms with E-state index in [9.17, 15) is 18.0 Å². The molecule has 1 amide bonds. The van der Waals surface area contributed by atoms with Crippen LogP contribution in [0.15, 0.2) is 41.3 Å². The van der Waals surface area contributed by atoms with Crippen molar-refractivity contribution < 1.29 is 27.5 Å². The number of carbonyl (C=O) groups excluding carboxylic acids is 2. The van der Waals surface area contributed by atoms with E-state index in [0.717, 1.165) is 4.31 Å². The second-order valence-corrected chi connectivity index (χ2v) is 8.25. The number of rotatable bonds is 8. The zero-order valence-electron chi connectivity index (χ0n) is 16.1. The molecule has 8 nitrogen and oxygen atoms in total. The van der Waals surface area contributed by atoms with Crippen LogP contribution in [0.4, 0.5) is 5.69 Å². The lowest BCUT2D eigenvalue weighted by molar-refractivity contribution is -0.118. The van der Waals surface area contributed by atoms with Gasteiger partial charge in [-0.1, -0.05) is 6.07 Å². The number of aryl methyl sites for hydroxylation is 1. The van der Waals surface area contributed by atoms with Gasteiger partial charge in [-0.2, -0.15) is 0 Å². The molecule has 150 valence electrons. The fraction of sp³-hybridized carbons (Fsp3) is 0.263. The zero-order chi connectivity index (χ0) is 20.9. The van der Waals surface area contributed by atoms with Crippen LogP contribution in [0.2, 0.25) is 0 Å². The summed E-state index contributed by atoms with van der Waals surface area (Å²) in [5, 5.41) is 2.59. The van der Waals surface area contributed by atoms with Gasteiger partial charge in [0.05, 0.1) is 17.6 Å². The highest BCUT2D eigenvalue weighted by Gasteiger charge is 2.20. The summed E-state index contributed by atoms with van der Waals surface area (Å²) < 4.78 is 36.3. The molecule has 0 saturated heterocycles. The van der Waals surface area contributed by atoms with E-state index in [1.54, 1.807) is 25.1 Å². The summed E-state index contributed by atoms with van der Waals surface area (Å²) in [6.07, 6.45) is 0.605. The topological polar surface area (TPSA) is 102 Å². The highest BCUT2D eigenvalue weighted by atomic mass is 32.2. The maximum Gasteiger partial charge on any atom is 0.262 e. The first-order chi connectivity index (χ1) is 13.2. The SMILES string of the molecule is COc1ccc(OCC(=O)Nc2ccc(C)c(S(=O)(=O)N(C)C)c2)c(C=O)c1. The number of amides is 1. The summed E-state index contributed by atoms with van der Waals surface area (Å²) in [5.74, 6) is 0.239. The molecule has 2 aromatic carbocycles. The van der Waals surface area contributed by atoms with Crippen molar-refractivity contribution >= 4 is 27.9 Å². The van der Waals surface area contributed by atoms with Gasteiger partial charge in [-0.15, -0.1) is 0 Å². The minimum Gasteiger partial charge on any atom is -0.497 e. The van der Waals surface area contributed by atoms with E-state index in [1.165, 1.54) is 39.4 Å². The van der Waals surface area contributed by atoms with Crippen molar-refractivity contribution in [3.8, 4) is 11.5 Å². The molecular formula is C19H22N2O6S. The number of sulfonamides is 1. The molecule has 0 aliphatic carbocycles. The summed E-state index contributed by atoms with van der Waals surface area (Å²) in [4.78, 5) is 23.4. The van der Waals surface area contributed by atoms with Gasteiger partial charge in [-0.25, -0.2) is 12.7 Å². The molecule has 0 radical (unpaired) electrons. The summed E-state index contributed by atoms with van der Waals surface area (Å²) >= 11 is 0. The van der Waals surface area contributed by atoms with Crippen LogP contribution in [0.5, 0.6) is 11.5 Å². The Morgan fingerprint density at radius 2 is 1.89 bits per heavy atom. The average molecular weight is 406 g/mol. The third kappa shape index (κ3) is 4.87. The van der Waals surface area contributed by atoms with Crippen LogP contribution in [0.25, 0.3) is 0 Å². The number of nitrogens with one attached hydrogen (secondary N) is 1. The van der Waals surface area contributed by atoms with Gasteiger partial charge in [0.15, 0.2) is 12.9 Å². The molecule has 2 aromatic rings. The van der Waals surface area contributed by atoms with Crippen molar-refractivity contribution in [2.75, 3.05) is 33.1 Å². The molecule has 0 spiro atoms. The molecule has 0 heterocycles. The smallest absolute Gasteiger partial charge is 0.262 e. The standard InChI is InChI=1S/C19H22N2O6S/c1-13-5-6-15(10-18(13)28(24,25)21(2)3)20-19(23)12-27-17-8-7-16(26-4)9-14(17)11-22/h5-11H,12H2,1-4H3,(H,20,23). The predicted octanol–water partition coefficient (Wildman–Crippen LogP) is 2.08. The molecule has 28 heavy (non-hydrogen) atoms. The van der Waals surface area contributed by atoms with Crippen LogP contribution in [0.3, 0.4) is 0 Å². The number of carbonyl (C=O) groups is 2.